The monoisotopic (exact) mass is 456 g/mol. The number of hydrogen-bond acceptors (Lipinski definition) is 7. The van der Waals surface area contributed by atoms with Crippen LogP contribution in [0.2, 0.25) is 0 Å². The second kappa shape index (κ2) is 13.8. The van der Waals surface area contributed by atoms with Crippen molar-refractivity contribution >= 4 is 35.6 Å². The summed E-state index contributed by atoms with van der Waals surface area (Å²) in [6.07, 6.45) is 1.50. The molecule has 1 fully saturated rings. The van der Waals surface area contributed by atoms with Crippen LogP contribution in [0.15, 0.2) is 4.99 Å². The van der Waals surface area contributed by atoms with E-state index in [9.17, 15) is 29.1 Å². The number of carbonyl (C=O) groups is 5. The molecular weight excluding hydrogens is 424 g/mol. The smallest absolute Gasteiger partial charge is 0.326 e. The summed E-state index contributed by atoms with van der Waals surface area (Å²) in [5.41, 5.74) is 15.5. The first kappa shape index (κ1) is 26.6. The van der Waals surface area contributed by atoms with E-state index in [1.165, 1.54) is 0 Å². The fraction of sp³-hybridized carbons (Fsp3) is 0.667. The van der Waals surface area contributed by atoms with Crippen LogP contribution in [0.1, 0.15) is 38.5 Å². The maximum atomic E-state index is 12.6. The summed E-state index contributed by atoms with van der Waals surface area (Å²) in [6, 6.07) is -2.83. The predicted octanol–water partition coefficient (Wildman–Crippen LogP) is -3.77. The molecule has 1 aliphatic heterocycles. The van der Waals surface area contributed by atoms with Crippen LogP contribution in [0, 0.1) is 0 Å². The van der Waals surface area contributed by atoms with Crippen LogP contribution in [0.25, 0.3) is 0 Å². The van der Waals surface area contributed by atoms with Crippen LogP contribution >= 0.6 is 0 Å². The third-order valence-electron chi connectivity index (χ3n) is 4.69. The van der Waals surface area contributed by atoms with E-state index in [0.717, 1.165) is 13.0 Å². The Morgan fingerprint density at radius 3 is 2.34 bits per heavy atom. The van der Waals surface area contributed by atoms with E-state index in [1.807, 2.05) is 0 Å². The van der Waals surface area contributed by atoms with Gasteiger partial charge < -0.3 is 43.6 Å². The van der Waals surface area contributed by atoms with Crippen LogP contribution in [-0.4, -0.2) is 78.4 Å². The van der Waals surface area contributed by atoms with Gasteiger partial charge in [0.05, 0.1) is 12.6 Å². The van der Waals surface area contributed by atoms with Crippen molar-refractivity contribution in [2.24, 2.45) is 22.2 Å². The lowest BCUT2D eigenvalue weighted by atomic mass is 10.1. The van der Waals surface area contributed by atoms with Crippen molar-refractivity contribution in [1.82, 2.24) is 21.3 Å². The van der Waals surface area contributed by atoms with Crippen LogP contribution in [0.3, 0.4) is 0 Å². The first-order valence-corrected chi connectivity index (χ1v) is 10.3. The molecule has 14 nitrogen and oxygen atoms in total. The first-order valence-electron chi connectivity index (χ1n) is 10.3. The molecule has 0 aromatic carbocycles. The Kier molecular flexibility index (Phi) is 11.5. The van der Waals surface area contributed by atoms with E-state index in [-0.39, 0.29) is 56.7 Å². The summed E-state index contributed by atoms with van der Waals surface area (Å²) < 4.78 is 0. The second-order valence-corrected chi connectivity index (χ2v) is 7.34. The molecule has 0 aromatic heterocycles. The van der Waals surface area contributed by atoms with Crippen molar-refractivity contribution in [3.63, 3.8) is 0 Å². The summed E-state index contributed by atoms with van der Waals surface area (Å²) >= 11 is 0. The van der Waals surface area contributed by atoms with Gasteiger partial charge in [-0.3, -0.25) is 24.2 Å². The van der Waals surface area contributed by atoms with Crippen LogP contribution in [0.4, 0.5) is 0 Å². The lowest BCUT2D eigenvalue weighted by Gasteiger charge is -2.21. The number of carboxylic acids is 1. The molecule has 0 bridgehead atoms. The molecule has 0 aromatic rings. The SMILES string of the molecule is NC(=O)CCC(NC(=O)CNC(=O)C1CCCN1)C(=O)NC(CCCN=C(N)N)C(=O)O. The van der Waals surface area contributed by atoms with Gasteiger partial charge in [0.1, 0.15) is 12.1 Å². The Morgan fingerprint density at radius 2 is 1.78 bits per heavy atom. The number of aliphatic imine (C=N–C) groups is 1. The minimum atomic E-state index is -1.28. The Bertz CT molecular complexity index is 718. The molecule has 0 radical (unpaired) electrons. The van der Waals surface area contributed by atoms with E-state index in [1.54, 1.807) is 0 Å². The van der Waals surface area contributed by atoms with E-state index in [4.69, 9.17) is 17.2 Å². The molecule has 32 heavy (non-hydrogen) atoms. The normalized spacial score (nSPS) is 16.9. The maximum Gasteiger partial charge on any atom is 0.326 e. The van der Waals surface area contributed by atoms with Crippen molar-refractivity contribution in [1.29, 1.82) is 0 Å². The quantitative estimate of drug-likeness (QED) is 0.0725. The topological polar surface area (TPSA) is 244 Å². The summed E-state index contributed by atoms with van der Waals surface area (Å²) in [4.78, 5) is 63.1. The molecule has 14 heteroatoms. The number of amides is 4. The third-order valence-corrected chi connectivity index (χ3v) is 4.69. The zero-order valence-corrected chi connectivity index (χ0v) is 17.8. The molecule has 3 unspecified atom stereocenters. The van der Waals surface area contributed by atoms with Crippen molar-refractivity contribution in [2.75, 3.05) is 19.6 Å². The van der Waals surface area contributed by atoms with Crippen LogP contribution in [-0.2, 0) is 24.0 Å². The van der Waals surface area contributed by atoms with Gasteiger partial charge in [-0.1, -0.05) is 0 Å². The summed E-state index contributed by atoms with van der Waals surface area (Å²) in [5, 5.41) is 19.5. The Balaban J connectivity index is 2.64. The highest BCUT2D eigenvalue weighted by Gasteiger charge is 2.27. The minimum Gasteiger partial charge on any atom is -0.480 e. The lowest BCUT2D eigenvalue weighted by Crippen LogP contribution is -2.53. The lowest BCUT2D eigenvalue weighted by molar-refractivity contribution is -0.142. The number of carbonyl (C=O) groups excluding carboxylic acids is 4. The van der Waals surface area contributed by atoms with Gasteiger partial charge >= 0.3 is 5.97 Å². The van der Waals surface area contributed by atoms with Gasteiger partial charge in [-0.05, 0) is 38.6 Å². The third kappa shape index (κ3) is 10.6. The number of hydrogen-bond donors (Lipinski definition) is 8. The molecule has 11 N–H and O–H groups in total. The number of aliphatic carboxylic acids is 1. The number of primary amides is 1. The largest absolute Gasteiger partial charge is 0.480 e. The van der Waals surface area contributed by atoms with Gasteiger partial charge in [0.2, 0.25) is 23.6 Å². The number of nitrogens with zero attached hydrogens (tertiary/aromatic N) is 1. The Hall–Kier alpha value is -3.42. The molecule has 0 spiro atoms. The molecule has 1 heterocycles. The average Bonchev–Trinajstić information content (AvgIpc) is 3.25. The standard InChI is InChI=1S/C18H32N8O6/c19-13(27)6-5-11(25-14(28)9-24-15(29)10-3-1-7-22-10)16(30)26-12(17(31)32)4-2-8-23-18(20)21/h10-12,22H,1-9H2,(H2,19,27)(H,24,29)(H,25,28)(H,26,30)(H,31,32)(H4,20,21,23). The molecule has 0 aliphatic carbocycles. The van der Waals surface area contributed by atoms with Crippen LogP contribution in [0.5, 0.6) is 0 Å². The van der Waals surface area contributed by atoms with Crippen molar-refractivity contribution in [3.05, 3.63) is 0 Å². The van der Waals surface area contributed by atoms with Crippen molar-refractivity contribution in [3.8, 4) is 0 Å². The zero-order valence-electron chi connectivity index (χ0n) is 17.8. The van der Waals surface area contributed by atoms with Crippen molar-refractivity contribution in [2.45, 2.75) is 56.7 Å². The molecule has 0 saturated carbocycles. The molecule has 4 amide bonds. The van der Waals surface area contributed by atoms with Gasteiger partial charge in [-0.25, -0.2) is 4.79 Å². The predicted molar refractivity (Wildman–Crippen MR) is 114 cm³/mol. The van der Waals surface area contributed by atoms with Gasteiger partial charge in [0, 0.05) is 13.0 Å². The number of carboxylic acid groups (broad SMARTS) is 1. The molecule has 1 aliphatic rings. The Morgan fingerprint density at radius 1 is 1.06 bits per heavy atom. The van der Waals surface area contributed by atoms with Crippen molar-refractivity contribution < 1.29 is 29.1 Å². The van der Waals surface area contributed by atoms with E-state index < -0.39 is 35.8 Å². The fourth-order valence-corrected chi connectivity index (χ4v) is 3.03. The number of nitrogens with two attached hydrogens (primary N) is 3. The van der Waals surface area contributed by atoms with E-state index in [2.05, 4.69) is 26.3 Å². The molecule has 3 atom stereocenters. The van der Waals surface area contributed by atoms with Gasteiger partial charge in [0.15, 0.2) is 5.96 Å². The second-order valence-electron chi connectivity index (χ2n) is 7.34. The number of nitrogens with one attached hydrogen (secondary N) is 4. The van der Waals surface area contributed by atoms with Gasteiger partial charge in [-0.15, -0.1) is 0 Å². The Labute approximate surface area is 185 Å². The van der Waals surface area contributed by atoms with E-state index >= 15 is 0 Å². The highest BCUT2D eigenvalue weighted by Crippen LogP contribution is 2.05. The summed E-state index contributed by atoms with van der Waals surface area (Å²) in [7, 11) is 0. The van der Waals surface area contributed by atoms with Crippen LogP contribution < -0.4 is 38.5 Å². The average molecular weight is 457 g/mol. The summed E-state index contributed by atoms with van der Waals surface area (Å²) in [5.74, 6) is -3.89. The number of rotatable bonds is 14. The highest BCUT2D eigenvalue weighted by atomic mass is 16.4. The van der Waals surface area contributed by atoms with Gasteiger partial charge in [-0.2, -0.15) is 0 Å². The molecule has 180 valence electrons. The summed E-state index contributed by atoms with van der Waals surface area (Å²) in [6.45, 7) is 0.522. The minimum absolute atomic E-state index is 0.0405. The zero-order chi connectivity index (χ0) is 24.1. The molecule has 1 rings (SSSR count). The van der Waals surface area contributed by atoms with E-state index in [0.29, 0.717) is 6.42 Å². The first-order chi connectivity index (χ1) is 15.1. The molecule has 1 saturated heterocycles. The highest BCUT2D eigenvalue weighted by molar-refractivity contribution is 5.92. The maximum absolute atomic E-state index is 12.6. The fourth-order valence-electron chi connectivity index (χ4n) is 3.03. The van der Waals surface area contributed by atoms with Gasteiger partial charge in [0.25, 0.3) is 0 Å². The molecular formula is C18H32N8O6. The number of guanidine groups is 1.